The Morgan fingerprint density at radius 2 is 1.69 bits per heavy atom. The lowest BCUT2D eigenvalue weighted by molar-refractivity contribution is 0.167. The maximum Gasteiger partial charge on any atom is 0.196 e. The van der Waals surface area contributed by atoms with Crippen LogP contribution in [0.15, 0.2) is 58.2 Å². The van der Waals surface area contributed by atoms with Gasteiger partial charge in [0.25, 0.3) is 0 Å². The lowest BCUT2D eigenvalue weighted by Gasteiger charge is -2.31. The van der Waals surface area contributed by atoms with Crippen molar-refractivity contribution in [1.82, 2.24) is 19.7 Å². The molecule has 152 valence electrons. The normalized spacial score (nSPS) is 16.1. The number of benzene rings is 2. The molecular formula is C22H24BrFN4S. The second-order valence-corrected chi connectivity index (χ2v) is 9.20. The van der Waals surface area contributed by atoms with Crippen molar-refractivity contribution in [2.45, 2.75) is 43.1 Å². The van der Waals surface area contributed by atoms with Crippen molar-refractivity contribution in [3.63, 3.8) is 0 Å². The van der Waals surface area contributed by atoms with E-state index >= 15 is 0 Å². The first-order valence-electron chi connectivity index (χ1n) is 9.94. The maximum atomic E-state index is 13.5. The van der Waals surface area contributed by atoms with E-state index in [-0.39, 0.29) is 11.9 Å². The summed E-state index contributed by atoms with van der Waals surface area (Å²) in [6.45, 7) is 4.36. The number of hydrogen-bond donors (Lipinski definition) is 0. The number of halogens is 2. The van der Waals surface area contributed by atoms with Crippen LogP contribution in [0.3, 0.4) is 0 Å². The van der Waals surface area contributed by atoms with Crippen LogP contribution in [-0.4, -0.2) is 32.8 Å². The molecule has 4 rings (SSSR count). The fourth-order valence-corrected chi connectivity index (χ4v) is 4.85. The van der Waals surface area contributed by atoms with Gasteiger partial charge in [0.1, 0.15) is 5.82 Å². The summed E-state index contributed by atoms with van der Waals surface area (Å²) in [7, 11) is 0. The van der Waals surface area contributed by atoms with Crippen LogP contribution in [0.25, 0.3) is 5.69 Å². The Morgan fingerprint density at radius 3 is 2.38 bits per heavy atom. The average Bonchev–Trinajstić information content (AvgIpc) is 3.18. The lowest BCUT2D eigenvalue weighted by Crippen LogP contribution is -2.33. The van der Waals surface area contributed by atoms with Crippen LogP contribution in [0, 0.1) is 5.82 Å². The van der Waals surface area contributed by atoms with Crippen molar-refractivity contribution in [3.8, 4) is 5.69 Å². The van der Waals surface area contributed by atoms with Gasteiger partial charge in [-0.1, -0.05) is 46.2 Å². The highest BCUT2D eigenvalue weighted by Crippen LogP contribution is 2.31. The smallest absolute Gasteiger partial charge is 0.196 e. The van der Waals surface area contributed by atoms with E-state index in [4.69, 9.17) is 0 Å². The fraction of sp³-hybridized carbons (Fsp3) is 0.364. The summed E-state index contributed by atoms with van der Waals surface area (Å²) < 4.78 is 16.7. The van der Waals surface area contributed by atoms with Gasteiger partial charge in [-0.3, -0.25) is 9.47 Å². The van der Waals surface area contributed by atoms with Gasteiger partial charge in [0.15, 0.2) is 11.0 Å². The quantitative estimate of drug-likeness (QED) is 0.409. The number of aromatic nitrogens is 3. The third kappa shape index (κ3) is 4.90. The van der Waals surface area contributed by atoms with Crippen molar-refractivity contribution in [1.29, 1.82) is 0 Å². The van der Waals surface area contributed by atoms with E-state index in [9.17, 15) is 4.39 Å². The monoisotopic (exact) mass is 474 g/mol. The van der Waals surface area contributed by atoms with Crippen molar-refractivity contribution >= 4 is 27.7 Å². The Balaban J connectivity index is 1.64. The molecule has 1 aliphatic rings. The largest absolute Gasteiger partial charge is 0.294 e. The van der Waals surface area contributed by atoms with Gasteiger partial charge in [-0.05, 0) is 74.8 Å². The van der Waals surface area contributed by atoms with Gasteiger partial charge >= 0.3 is 0 Å². The zero-order valence-corrected chi connectivity index (χ0v) is 18.8. The minimum absolute atomic E-state index is 0.162. The molecule has 2 heterocycles. The molecule has 29 heavy (non-hydrogen) atoms. The third-order valence-corrected chi connectivity index (χ3v) is 6.87. The van der Waals surface area contributed by atoms with Gasteiger partial charge in [0, 0.05) is 15.9 Å². The predicted molar refractivity (Wildman–Crippen MR) is 119 cm³/mol. The zero-order chi connectivity index (χ0) is 20.2. The van der Waals surface area contributed by atoms with Crippen LogP contribution in [0.4, 0.5) is 4.39 Å². The van der Waals surface area contributed by atoms with E-state index in [0.29, 0.717) is 0 Å². The van der Waals surface area contributed by atoms with Gasteiger partial charge < -0.3 is 0 Å². The Labute approximate surface area is 183 Å². The van der Waals surface area contributed by atoms with Crippen LogP contribution in [0.1, 0.15) is 43.6 Å². The summed E-state index contributed by atoms with van der Waals surface area (Å²) >= 11 is 5.13. The van der Waals surface area contributed by atoms with E-state index < -0.39 is 0 Å². The number of piperidine rings is 1. The van der Waals surface area contributed by atoms with Crippen molar-refractivity contribution < 1.29 is 4.39 Å². The van der Waals surface area contributed by atoms with Crippen LogP contribution < -0.4 is 0 Å². The SMILES string of the molecule is CC(c1nnc(SCc2ccc(Br)cc2)n1-c1ccc(F)cc1)N1CCCCC1. The van der Waals surface area contributed by atoms with Crippen LogP contribution in [0.5, 0.6) is 0 Å². The van der Waals surface area contributed by atoms with Gasteiger partial charge in [0.2, 0.25) is 0 Å². The van der Waals surface area contributed by atoms with E-state index in [0.717, 1.165) is 40.0 Å². The summed E-state index contributed by atoms with van der Waals surface area (Å²) in [4.78, 5) is 2.47. The summed E-state index contributed by atoms with van der Waals surface area (Å²) in [6, 6.07) is 15.1. The van der Waals surface area contributed by atoms with Crippen molar-refractivity contribution in [2.75, 3.05) is 13.1 Å². The Bertz CT molecular complexity index is 936. The first-order chi connectivity index (χ1) is 14.1. The summed E-state index contributed by atoms with van der Waals surface area (Å²) in [6.07, 6.45) is 3.74. The molecule has 3 aromatic rings. The molecule has 2 aromatic carbocycles. The minimum Gasteiger partial charge on any atom is -0.294 e. The second kappa shape index (κ2) is 9.41. The van der Waals surface area contributed by atoms with Gasteiger partial charge in [-0.25, -0.2) is 4.39 Å². The molecule has 0 N–H and O–H groups in total. The molecular weight excluding hydrogens is 451 g/mol. The van der Waals surface area contributed by atoms with E-state index in [2.05, 4.69) is 54.7 Å². The number of rotatable bonds is 6. The Kier molecular flexibility index (Phi) is 6.67. The van der Waals surface area contributed by atoms with Crippen molar-refractivity contribution in [2.24, 2.45) is 0 Å². The van der Waals surface area contributed by atoms with E-state index in [1.165, 1.54) is 37.0 Å². The molecule has 0 spiro atoms. The standard InChI is InChI=1S/C22H24BrFN4S/c1-16(27-13-3-2-4-14-27)21-25-26-22(28(21)20-11-9-19(24)10-12-20)29-15-17-5-7-18(23)8-6-17/h5-12,16H,2-4,13-15H2,1H3. The summed E-state index contributed by atoms with van der Waals surface area (Å²) in [5.41, 5.74) is 2.12. The highest BCUT2D eigenvalue weighted by Gasteiger charge is 2.25. The number of hydrogen-bond acceptors (Lipinski definition) is 4. The molecule has 1 aliphatic heterocycles. The van der Waals surface area contributed by atoms with Gasteiger partial charge in [0.05, 0.1) is 6.04 Å². The van der Waals surface area contributed by atoms with Crippen LogP contribution in [0.2, 0.25) is 0 Å². The fourth-order valence-electron chi connectivity index (χ4n) is 3.68. The average molecular weight is 475 g/mol. The van der Waals surface area contributed by atoms with Gasteiger partial charge in [-0.15, -0.1) is 10.2 Å². The molecule has 1 fully saturated rings. The maximum absolute atomic E-state index is 13.5. The van der Waals surface area contributed by atoms with Crippen LogP contribution in [-0.2, 0) is 5.75 Å². The molecule has 0 amide bonds. The number of thioether (sulfide) groups is 1. The number of likely N-dealkylation sites (tertiary alicyclic amines) is 1. The van der Waals surface area contributed by atoms with Crippen LogP contribution >= 0.6 is 27.7 Å². The molecule has 0 radical (unpaired) electrons. The van der Waals surface area contributed by atoms with Gasteiger partial charge in [-0.2, -0.15) is 0 Å². The first-order valence-corrected chi connectivity index (χ1v) is 11.7. The minimum atomic E-state index is -0.239. The highest BCUT2D eigenvalue weighted by molar-refractivity contribution is 9.10. The highest BCUT2D eigenvalue weighted by atomic mass is 79.9. The third-order valence-electron chi connectivity index (χ3n) is 5.34. The number of nitrogens with zero attached hydrogens (tertiary/aromatic N) is 4. The van der Waals surface area contributed by atoms with Crippen molar-refractivity contribution in [3.05, 3.63) is 70.2 Å². The predicted octanol–water partition coefficient (Wildman–Crippen LogP) is 6.01. The molecule has 1 unspecified atom stereocenters. The molecule has 1 saturated heterocycles. The molecule has 7 heteroatoms. The second-order valence-electron chi connectivity index (χ2n) is 7.34. The molecule has 1 aromatic heterocycles. The molecule has 4 nitrogen and oxygen atoms in total. The van der Waals surface area contributed by atoms with E-state index in [1.54, 1.807) is 23.9 Å². The Hall–Kier alpha value is -1.70. The first kappa shape index (κ1) is 20.6. The van der Waals surface area contributed by atoms with E-state index in [1.807, 2.05) is 12.1 Å². The summed E-state index contributed by atoms with van der Waals surface area (Å²) in [5, 5.41) is 9.91. The molecule has 0 saturated carbocycles. The summed E-state index contributed by atoms with van der Waals surface area (Å²) in [5.74, 6) is 1.47. The molecule has 1 atom stereocenters. The molecule has 0 aliphatic carbocycles. The zero-order valence-electron chi connectivity index (χ0n) is 16.4. The lowest BCUT2D eigenvalue weighted by atomic mass is 10.1. The Morgan fingerprint density at radius 1 is 1.00 bits per heavy atom. The molecule has 0 bridgehead atoms. The topological polar surface area (TPSA) is 34.0 Å².